The van der Waals surface area contributed by atoms with Crippen LogP contribution in [-0.2, 0) is 16.4 Å². The van der Waals surface area contributed by atoms with Crippen LogP contribution in [0.1, 0.15) is 12.5 Å². The standard InChI is InChI=1S/C18H19BrN2O3S/c1-2-24-16-9-8-15(19)13-17(16)25(22,23)21-11-10-20-18(21)12-14-6-4-3-5-7-14/h3-9,13H,2,10-12H2,1H3. The van der Waals surface area contributed by atoms with Gasteiger partial charge >= 0.3 is 0 Å². The first-order valence-corrected chi connectivity index (χ1v) is 10.3. The fourth-order valence-corrected chi connectivity index (χ4v) is 4.87. The summed E-state index contributed by atoms with van der Waals surface area (Å²) in [6, 6.07) is 14.8. The summed E-state index contributed by atoms with van der Waals surface area (Å²) in [5.74, 6) is 0.922. The fraction of sp³-hybridized carbons (Fsp3) is 0.278. The normalized spacial score (nSPS) is 14.5. The molecule has 0 amide bonds. The van der Waals surface area contributed by atoms with Gasteiger partial charge in [0.2, 0.25) is 0 Å². The minimum absolute atomic E-state index is 0.159. The van der Waals surface area contributed by atoms with Gasteiger partial charge in [-0.1, -0.05) is 46.3 Å². The van der Waals surface area contributed by atoms with E-state index in [0.717, 1.165) is 5.56 Å². The van der Waals surface area contributed by atoms with Crippen LogP contribution in [0.25, 0.3) is 0 Å². The lowest BCUT2D eigenvalue weighted by Gasteiger charge is -2.22. The Balaban J connectivity index is 1.94. The minimum Gasteiger partial charge on any atom is -0.492 e. The average Bonchev–Trinajstić information content (AvgIpc) is 3.06. The molecule has 0 atom stereocenters. The molecule has 132 valence electrons. The van der Waals surface area contributed by atoms with Crippen molar-refractivity contribution < 1.29 is 13.2 Å². The van der Waals surface area contributed by atoms with Gasteiger partial charge in [-0.2, -0.15) is 0 Å². The van der Waals surface area contributed by atoms with Crippen LogP contribution in [0.15, 0.2) is 62.9 Å². The number of halogens is 1. The van der Waals surface area contributed by atoms with Gasteiger partial charge in [-0.05, 0) is 30.7 Å². The van der Waals surface area contributed by atoms with Gasteiger partial charge in [0.15, 0.2) is 0 Å². The zero-order valence-corrected chi connectivity index (χ0v) is 16.3. The van der Waals surface area contributed by atoms with Crippen molar-refractivity contribution in [2.45, 2.75) is 18.2 Å². The maximum absolute atomic E-state index is 13.2. The number of benzene rings is 2. The number of hydrogen-bond donors (Lipinski definition) is 0. The van der Waals surface area contributed by atoms with Crippen LogP contribution in [0, 0.1) is 0 Å². The molecular weight excluding hydrogens is 404 g/mol. The number of hydrogen-bond acceptors (Lipinski definition) is 4. The van der Waals surface area contributed by atoms with Crippen molar-refractivity contribution in [2.24, 2.45) is 4.99 Å². The molecule has 25 heavy (non-hydrogen) atoms. The Labute approximate surface area is 156 Å². The summed E-state index contributed by atoms with van der Waals surface area (Å²) >= 11 is 3.35. The van der Waals surface area contributed by atoms with Crippen LogP contribution in [0.2, 0.25) is 0 Å². The smallest absolute Gasteiger partial charge is 0.269 e. The number of ether oxygens (including phenoxy) is 1. The molecule has 0 saturated carbocycles. The summed E-state index contributed by atoms with van der Waals surface area (Å²) in [5.41, 5.74) is 1.03. The van der Waals surface area contributed by atoms with Gasteiger partial charge in [-0.15, -0.1) is 0 Å². The fourth-order valence-electron chi connectivity index (χ4n) is 2.74. The molecule has 0 fully saturated rings. The zero-order valence-electron chi connectivity index (χ0n) is 13.9. The molecule has 0 radical (unpaired) electrons. The third-order valence-corrected chi connectivity index (χ3v) is 6.21. The number of amidine groups is 1. The monoisotopic (exact) mass is 422 g/mol. The van der Waals surface area contributed by atoms with Crippen LogP contribution in [0.3, 0.4) is 0 Å². The van der Waals surface area contributed by atoms with Crippen molar-refractivity contribution in [2.75, 3.05) is 19.7 Å². The Bertz CT molecular complexity index is 882. The predicted octanol–water partition coefficient (Wildman–Crippen LogP) is 3.49. The van der Waals surface area contributed by atoms with Crippen LogP contribution in [0.5, 0.6) is 5.75 Å². The molecule has 0 aromatic heterocycles. The molecule has 1 aliphatic heterocycles. The summed E-state index contributed by atoms with van der Waals surface area (Å²) in [6.07, 6.45) is 0.484. The minimum atomic E-state index is -3.74. The van der Waals surface area contributed by atoms with E-state index in [9.17, 15) is 8.42 Å². The number of rotatable bonds is 6. The summed E-state index contributed by atoms with van der Waals surface area (Å²) in [6.45, 7) is 3.05. The average molecular weight is 423 g/mol. The highest BCUT2D eigenvalue weighted by Gasteiger charge is 2.33. The SMILES string of the molecule is CCOc1ccc(Br)cc1S(=O)(=O)N1CCN=C1Cc1ccccc1. The molecule has 0 saturated heterocycles. The third-order valence-electron chi connectivity index (χ3n) is 3.86. The van der Waals surface area contributed by atoms with Crippen LogP contribution < -0.4 is 4.74 Å². The quantitative estimate of drug-likeness (QED) is 0.715. The third kappa shape index (κ3) is 3.88. The summed E-state index contributed by atoms with van der Waals surface area (Å²) in [4.78, 5) is 4.57. The van der Waals surface area contributed by atoms with E-state index in [0.29, 0.717) is 42.2 Å². The molecule has 1 aliphatic rings. The molecule has 0 bridgehead atoms. The van der Waals surface area contributed by atoms with E-state index in [-0.39, 0.29) is 4.90 Å². The molecular formula is C18H19BrN2O3S. The van der Waals surface area contributed by atoms with Crippen LogP contribution >= 0.6 is 15.9 Å². The number of nitrogens with zero attached hydrogens (tertiary/aromatic N) is 2. The molecule has 3 rings (SSSR count). The van der Waals surface area contributed by atoms with Gasteiger partial charge in [-0.25, -0.2) is 8.42 Å². The molecule has 7 heteroatoms. The molecule has 0 unspecified atom stereocenters. The Morgan fingerprint density at radius 1 is 1.20 bits per heavy atom. The molecule has 0 spiro atoms. The van der Waals surface area contributed by atoms with E-state index in [1.165, 1.54) is 4.31 Å². The van der Waals surface area contributed by atoms with Gasteiger partial charge in [0.25, 0.3) is 10.0 Å². The Morgan fingerprint density at radius 3 is 2.68 bits per heavy atom. The Hall–Kier alpha value is -1.86. The van der Waals surface area contributed by atoms with E-state index in [4.69, 9.17) is 4.74 Å². The lowest BCUT2D eigenvalue weighted by atomic mass is 10.1. The van der Waals surface area contributed by atoms with E-state index < -0.39 is 10.0 Å². The van der Waals surface area contributed by atoms with E-state index in [2.05, 4.69) is 20.9 Å². The van der Waals surface area contributed by atoms with Crippen LogP contribution in [-0.4, -0.2) is 38.3 Å². The molecule has 2 aromatic rings. The topological polar surface area (TPSA) is 59.0 Å². The maximum atomic E-state index is 13.2. The van der Waals surface area contributed by atoms with Crippen LogP contribution in [0.4, 0.5) is 0 Å². The molecule has 1 heterocycles. The van der Waals surface area contributed by atoms with Crippen molar-refractivity contribution in [1.82, 2.24) is 4.31 Å². The highest BCUT2D eigenvalue weighted by Crippen LogP contribution is 2.31. The summed E-state index contributed by atoms with van der Waals surface area (Å²) < 4.78 is 34.1. The largest absolute Gasteiger partial charge is 0.492 e. The second kappa shape index (κ2) is 7.58. The van der Waals surface area contributed by atoms with Crippen molar-refractivity contribution in [3.63, 3.8) is 0 Å². The second-order valence-electron chi connectivity index (χ2n) is 5.56. The molecule has 2 aromatic carbocycles. The Morgan fingerprint density at radius 2 is 1.96 bits per heavy atom. The summed E-state index contributed by atoms with van der Waals surface area (Å²) in [7, 11) is -3.74. The van der Waals surface area contributed by atoms with Crippen molar-refractivity contribution in [1.29, 1.82) is 0 Å². The lowest BCUT2D eigenvalue weighted by molar-refractivity contribution is 0.330. The van der Waals surface area contributed by atoms with Gasteiger partial charge in [0, 0.05) is 10.9 Å². The number of aliphatic imine (C=N–C) groups is 1. The predicted molar refractivity (Wildman–Crippen MR) is 102 cm³/mol. The lowest BCUT2D eigenvalue weighted by Crippen LogP contribution is -2.35. The van der Waals surface area contributed by atoms with Crippen molar-refractivity contribution in [3.05, 3.63) is 58.6 Å². The van der Waals surface area contributed by atoms with Gasteiger partial charge in [-0.3, -0.25) is 9.30 Å². The van der Waals surface area contributed by atoms with Crippen molar-refractivity contribution in [3.8, 4) is 5.75 Å². The first-order chi connectivity index (χ1) is 12.0. The highest BCUT2D eigenvalue weighted by molar-refractivity contribution is 9.10. The van der Waals surface area contributed by atoms with Crippen molar-refractivity contribution >= 4 is 31.8 Å². The molecule has 0 N–H and O–H groups in total. The first kappa shape index (κ1) is 17.9. The number of sulfonamides is 1. The van der Waals surface area contributed by atoms with E-state index >= 15 is 0 Å². The van der Waals surface area contributed by atoms with Gasteiger partial charge < -0.3 is 4.74 Å². The zero-order chi connectivity index (χ0) is 17.9. The molecule has 0 aliphatic carbocycles. The molecule has 5 nitrogen and oxygen atoms in total. The maximum Gasteiger partial charge on any atom is 0.269 e. The van der Waals surface area contributed by atoms with Gasteiger partial charge in [0.05, 0.1) is 19.7 Å². The first-order valence-electron chi connectivity index (χ1n) is 8.04. The Kier molecular flexibility index (Phi) is 5.44. The second-order valence-corrected chi connectivity index (χ2v) is 8.31. The van der Waals surface area contributed by atoms with Gasteiger partial charge in [0.1, 0.15) is 16.5 Å². The highest BCUT2D eigenvalue weighted by atomic mass is 79.9. The summed E-state index contributed by atoms with van der Waals surface area (Å²) in [5, 5.41) is 0. The van der Waals surface area contributed by atoms with E-state index in [1.54, 1.807) is 18.2 Å². The van der Waals surface area contributed by atoms with E-state index in [1.807, 2.05) is 37.3 Å².